The van der Waals surface area contributed by atoms with E-state index in [0.29, 0.717) is 5.56 Å². The van der Waals surface area contributed by atoms with Gasteiger partial charge >= 0.3 is 6.18 Å². The number of fused-ring (bicyclic) bond motifs is 1. The fourth-order valence-corrected chi connectivity index (χ4v) is 2.84. The molecule has 2 aromatic carbocycles. The molecule has 0 N–H and O–H groups in total. The van der Waals surface area contributed by atoms with Crippen LogP contribution < -0.4 is 0 Å². The zero-order valence-electron chi connectivity index (χ0n) is 15.1. The van der Waals surface area contributed by atoms with E-state index in [9.17, 15) is 18.0 Å². The van der Waals surface area contributed by atoms with E-state index in [-0.39, 0.29) is 10.9 Å². The fraction of sp³-hybridized carbons (Fsp3) is 0.200. The maximum Gasteiger partial charge on any atom is 0.417 e. The molecular weight excluding hydrogens is 355 g/mol. The highest BCUT2D eigenvalue weighted by atomic mass is 19.4. The smallest absolute Gasteiger partial charge is 0.369 e. The van der Waals surface area contributed by atoms with Crippen LogP contribution in [0.3, 0.4) is 0 Å². The molecule has 0 radical (unpaired) electrons. The Hall–Kier alpha value is -3.09. The van der Waals surface area contributed by atoms with Gasteiger partial charge in [-0.2, -0.15) is 13.2 Å². The minimum Gasteiger partial charge on any atom is -0.369 e. The molecule has 0 bridgehead atoms. The minimum atomic E-state index is -4.47. The van der Waals surface area contributed by atoms with Crippen LogP contribution in [0.15, 0.2) is 53.7 Å². The standard InChI is InChI=1S/C20H18F3N3O/c1-13-11-14(7-8-17(13)24-12-25(2)3)19(27)26-10-9-15-16(20(21,22)23)5-4-6-18(15)26/h4-12H,1-3H3. The number of benzene rings is 2. The fourth-order valence-electron chi connectivity index (χ4n) is 2.84. The second kappa shape index (κ2) is 6.90. The van der Waals surface area contributed by atoms with Crippen molar-refractivity contribution in [3.63, 3.8) is 0 Å². The van der Waals surface area contributed by atoms with Gasteiger partial charge in [-0.15, -0.1) is 0 Å². The monoisotopic (exact) mass is 373 g/mol. The summed E-state index contributed by atoms with van der Waals surface area (Å²) < 4.78 is 40.7. The number of aliphatic imine (C=N–C) groups is 1. The lowest BCUT2D eigenvalue weighted by Crippen LogP contribution is -2.11. The molecule has 0 atom stereocenters. The molecule has 0 saturated carbocycles. The van der Waals surface area contributed by atoms with E-state index in [1.54, 1.807) is 29.4 Å². The number of aromatic nitrogens is 1. The molecule has 0 fully saturated rings. The maximum atomic E-state index is 13.2. The maximum absolute atomic E-state index is 13.2. The quantitative estimate of drug-likeness (QED) is 0.485. The van der Waals surface area contributed by atoms with Gasteiger partial charge in [0.2, 0.25) is 0 Å². The molecule has 1 aromatic heterocycles. The summed E-state index contributed by atoms with van der Waals surface area (Å²) in [5, 5.41) is 0.00211. The molecule has 0 aliphatic rings. The largest absolute Gasteiger partial charge is 0.417 e. The summed E-state index contributed by atoms with van der Waals surface area (Å²) in [6, 6.07) is 10.2. The first kappa shape index (κ1) is 18.7. The highest BCUT2D eigenvalue weighted by Crippen LogP contribution is 2.35. The Balaban J connectivity index is 2.01. The Labute approximate surface area is 154 Å². The van der Waals surface area contributed by atoms with Crippen molar-refractivity contribution < 1.29 is 18.0 Å². The number of carbonyl (C=O) groups excluding carboxylic acids is 1. The third-order valence-corrected chi connectivity index (χ3v) is 4.13. The first-order valence-electron chi connectivity index (χ1n) is 8.21. The van der Waals surface area contributed by atoms with Gasteiger partial charge in [-0.05, 0) is 48.9 Å². The average Bonchev–Trinajstić information content (AvgIpc) is 3.02. The van der Waals surface area contributed by atoms with Crippen molar-refractivity contribution in [2.45, 2.75) is 13.1 Å². The molecule has 0 saturated heterocycles. The van der Waals surface area contributed by atoms with Gasteiger partial charge in [-0.1, -0.05) is 6.07 Å². The second-order valence-corrected chi connectivity index (χ2v) is 6.44. The SMILES string of the molecule is Cc1cc(C(=O)n2ccc3c(C(F)(F)F)cccc32)ccc1N=CN(C)C. The van der Waals surface area contributed by atoms with Crippen LogP contribution in [-0.2, 0) is 6.18 Å². The molecule has 0 aliphatic heterocycles. The highest BCUT2D eigenvalue weighted by molar-refractivity contribution is 6.03. The lowest BCUT2D eigenvalue weighted by atomic mass is 10.1. The van der Waals surface area contributed by atoms with Crippen molar-refractivity contribution in [3.05, 3.63) is 65.4 Å². The van der Waals surface area contributed by atoms with Gasteiger partial charge in [0.15, 0.2) is 0 Å². The van der Waals surface area contributed by atoms with Gasteiger partial charge in [0.05, 0.1) is 23.1 Å². The first-order chi connectivity index (χ1) is 12.7. The number of alkyl halides is 3. The molecule has 0 amide bonds. The number of rotatable bonds is 3. The van der Waals surface area contributed by atoms with Crippen LogP contribution in [0.1, 0.15) is 21.5 Å². The van der Waals surface area contributed by atoms with E-state index in [2.05, 4.69) is 4.99 Å². The molecule has 7 heteroatoms. The molecule has 27 heavy (non-hydrogen) atoms. The number of hydrogen-bond acceptors (Lipinski definition) is 2. The molecule has 1 heterocycles. The zero-order valence-corrected chi connectivity index (χ0v) is 15.1. The van der Waals surface area contributed by atoms with E-state index in [1.807, 2.05) is 21.0 Å². The van der Waals surface area contributed by atoms with Crippen molar-refractivity contribution in [1.29, 1.82) is 0 Å². The zero-order chi connectivity index (χ0) is 19.8. The summed E-state index contributed by atoms with van der Waals surface area (Å²) in [5.74, 6) is -0.393. The van der Waals surface area contributed by atoms with Gasteiger partial charge in [0.25, 0.3) is 5.91 Å². The first-order valence-corrected chi connectivity index (χ1v) is 8.21. The number of aryl methyl sites for hydroxylation is 1. The topological polar surface area (TPSA) is 37.6 Å². The normalized spacial score (nSPS) is 12.1. The third-order valence-electron chi connectivity index (χ3n) is 4.13. The summed E-state index contributed by atoms with van der Waals surface area (Å²) in [4.78, 5) is 19.0. The minimum absolute atomic E-state index is 0.00211. The molecule has 4 nitrogen and oxygen atoms in total. The molecule has 0 aliphatic carbocycles. The second-order valence-electron chi connectivity index (χ2n) is 6.44. The van der Waals surface area contributed by atoms with E-state index in [1.165, 1.54) is 29.0 Å². The number of nitrogens with zero attached hydrogens (tertiary/aromatic N) is 3. The van der Waals surface area contributed by atoms with Crippen molar-refractivity contribution in [3.8, 4) is 0 Å². The Kier molecular flexibility index (Phi) is 4.78. The van der Waals surface area contributed by atoms with E-state index < -0.39 is 17.6 Å². The Morgan fingerprint density at radius 3 is 2.52 bits per heavy atom. The number of hydrogen-bond donors (Lipinski definition) is 0. The van der Waals surface area contributed by atoms with E-state index >= 15 is 0 Å². The van der Waals surface area contributed by atoms with Gasteiger partial charge in [-0.3, -0.25) is 9.36 Å². The highest BCUT2D eigenvalue weighted by Gasteiger charge is 2.33. The molecule has 0 spiro atoms. The van der Waals surface area contributed by atoms with Gasteiger partial charge < -0.3 is 4.90 Å². The lowest BCUT2D eigenvalue weighted by Gasteiger charge is -2.10. The lowest BCUT2D eigenvalue weighted by molar-refractivity contribution is -0.136. The van der Waals surface area contributed by atoms with Crippen LogP contribution in [0.4, 0.5) is 18.9 Å². The van der Waals surface area contributed by atoms with Gasteiger partial charge in [0.1, 0.15) is 0 Å². The Morgan fingerprint density at radius 1 is 1.15 bits per heavy atom. The third kappa shape index (κ3) is 3.72. The Bertz CT molecular complexity index is 1030. The summed E-state index contributed by atoms with van der Waals surface area (Å²) in [6.45, 7) is 1.83. The summed E-state index contributed by atoms with van der Waals surface area (Å²) >= 11 is 0. The molecule has 140 valence electrons. The number of carbonyl (C=O) groups is 1. The molecular formula is C20H18F3N3O. The van der Waals surface area contributed by atoms with E-state index in [0.717, 1.165) is 17.3 Å². The van der Waals surface area contributed by atoms with Crippen molar-refractivity contribution >= 4 is 28.8 Å². The van der Waals surface area contributed by atoms with Crippen molar-refractivity contribution in [1.82, 2.24) is 9.47 Å². The Morgan fingerprint density at radius 2 is 1.89 bits per heavy atom. The predicted molar refractivity (Wildman–Crippen MR) is 99.7 cm³/mol. The van der Waals surface area contributed by atoms with Crippen LogP contribution in [-0.4, -0.2) is 35.8 Å². The molecule has 3 aromatic rings. The summed E-state index contributed by atoms with van der Waals surface area (Å²) in [7, 11) is 3.70. The van der Waals surface area contributed by atoms with Gasteiger partial charge in [-0.25, -0.2) is 4.99 Å². The summed E-state index contributed by atoms with van der Waals surface area (Å²) in [6.07, 6.45) is -1.45. The van der Waals surface area contributed by atoms with Crippen molar-refractivity contribution in [2.24, 2.45) is 4.99 Å². The van der Waals surface area contributed by atoms with Crippen LogP contribution >= 0.6 is 0 Å². The predicted octanol–water partition coefficient (Wildman–Crippen LogP) is 4.88. The number of halogens is 3. The van der Waals surface area contributed by atoms with Crippen LogP contribution in [0.2, 0.25) is 0 Å². The van der Waals surface area contributed by atoms with Crippen LogP contribution in [0.5, 0.6) is 0 Å². The van der Waals surface area contributed by atoms with Crippen LogP contribution in [0.25, 0.3) is 10.9 Å². The molecule has 0 unspecified atom stereocenters. The van der Waals surface area contributed by atoms with Gasteiger partial charge in [0, 0.05) is 31.2 Å². The van der Waals surface area contributed by atoms with E-state index in [4.69, 9.17) is 0 Å². The summed E-state index contributed by atoms with van der Waals surface area (Å²) in [5.41, 5.74) is 1.37. The average molecular weight is 373 g/mol. The molecule has 3 rings (SSSR count). The van der Waals surface area contributed by atoms with Crippen molar-refractivity contribution in [2.75, 3.05) is 14.1 Å². The van der Waals surface area contributed by atoms with Crippen LogP contribution in [0, 0.1) is 6.92 Å².